The van der Waals surface area contributed by atoms with Gasteiger partial charge in [0.1, 0.15) is 0 Å². The van der Waals surface area contributed by atoms with Gasteiger partial charge in [0.25, 0.3) is 0 Å². The van der Waals surface area contributed by atoms with Crippen LogP contribution in [0.3, 0.4) is 0 Å². The fraction of sp³-hybridized carbons (Fsp3) is 0.952. The van der Waals surface area contributed by atoms with E-state index >= 15 is 0 Å². The molecule has 0 aliphatic heterocycles. The molecule has 24 heavy (non-hydrogen) atoms. The molecule has 0 aliphatic rings. The minimum Gasteiger partial charge on any atom is -0.481 e. The second-order valence-electron chi connectivity index (χ2n) is 7.68. The van der Waals surface area contributed by atoms with E-state index in [1.54, 1.807) is 0 Å². The van der Waals surface area contributed by atoms with Crippen LogP contribution < -0.4 is 0 Å². The molecule has 0 heterocycles. The SMILES string of the molecule is CCCCCCCCCCCCCCCCC(CN(C)C)C(=O)O. The Morgan fingerprint density at radius 2 is 1.12 bits per heavy atom. The molecule has 3 heteroatoms. The van der Waals surface area contributed by atoms with Crippen molar-refractivity contribution in [2.75, 3.05) is 20.6 Å². The summed E-state index contributed by atoms with van der Waals surface area (Å²) in [6, 6.07) is 0. The van der Waals surface area contributed by atoms with Gasteiger partial charge in [0.15, 0.2) is 0 Å². The van der Waals surface area contributed by atoms with Crippen molar-refractivity contribution in [3.63, 3.8) is 0 Å². The number of carboxylic acids is 1. The smallest absolute Gasteiger partial charge is 0.307 e. The van der Waals surface area contributed by atoms with Crippen molar-refractivity contribution in [1.82, 2.24) is 4.90 Å². The first-order chi connectivity index (χ1) is 11.6. The third-order valence-electron chi connectivity index (χ3n) is 4.84. The minimum atomic E-state index is -0.640. The van der Waals surface area contributed by atoms with Crippen LogP contribution >= 0.6 is 0 Å². The summed E-state index contributed by atoms with van der Waals surface area (Å²) < 4.78 is 0. The number of hydrogen-bond donors (Lipinski definition) is 1. The maximum Gasteiger partial charge on any atom is 0.307 e. The summed E-state index contributed by atoms with van der Waals surface area (Å²) in [4.78, 5) is 13.1. The Bertz CT molecular complexity index is 279. The summed E-state index contributed by atoms with van der Waals surface area (Å²) in [7, 11) is 3.89. The Morgan fingerprint density at radius 3 is 1.46 bits per heavy atom. The monoisotopic (exact) mass is 341 g/mol. The van der Waals surface area contributed by atoms with Gasteiger partial charge in [-0.05, 0) is 20.5 Å². The molecule has 0 amide bonds. The molecule has 0 aromatic heterocycles. The second-order valence-corrected chi connectivity index (χ2v) is 7.68. The molecule has 0 aromatic carbocycles. The lowest BCUT2D eigenvalue weighted by Crippen LogP contribution is -2.27. The van der Waals surface area contributed by atoms with Crippen LogP contribution in [0.5, 0.6) is 0 Å². The molecule has 0 spiro atoms. The fourth-order valence-corrected chi connectivity index (χ4v) is 3.32. The number of rotatable bonds is 18. The number of unbranched alkanes of at least 4 members (excludes halogenated alkanes) is 13. The van der Waals surface area contributed by atoms with Crippen LogP contribution in [-0.4, -0.2) is 36.6 Å². The van der Waals surface area contributed by atoms with Crippen LogP contribution in [0.25, 0.3) is 0 Å². The van der Waals surface area contributed by atoms with Crippen molar-refractivity contribution < 1.29 is 9.90 Å². The summed E-state index contributed by atoms with van der Waals surface area (Å²) in [6.07, 6.45) is 19.7. The zero-order chi connectivity index (χ0) is 18.0. The summed E-state index contributed by atoms with van der Waals surface area (Å²) in [5, 5.41) is 9.20. The molecular weight excluding hydrogens is 298 g/mol. The van der Waals surface area contributed by atoms with Crippen molar-refractivity contribution in [3.05, 3.63) is 0 Å². The number of aliphatic carboxylic acids is 1. The quantitative estimate of drug-likeness (QED) is 0.305. The predicted molar refractivity (Wildman–Crippen MR) is 105 cm³/mol. The molecule has 0 rings (SSSR count). The zero-order valence-electron chi connectivity index (χ0n) is 16.7. The standard InChI is InChI=1S/C21H43NO2/c1-4-5-6-7-8-9-10-11-12-13-14-15-16-17-18-20(21(23)24)19-22(2)3/h20H,4-19H2,1-3H3,(H,23,24). The Hall–Kier alpha value is -0.570. The molecule has 1 N–H and O–H groups in total. The molecule has 3 nitrogen and oxygen atoms in total. The van der Waals surface area contributed by atoms with Gasteiger partial charge in [-0.2, -0.15) is 0 Å². The molecule has 0 aromatic rings. The number of carbonyl (C=O) groups is 1. The molecule has 0 saturated carbocycles. The lowest BCUT2D eigenvalue weighted by atomic mass is 9.99. The first-order valence-electron chi connectivity index (χ1n) is 10.5. The lowest BCUT2D eigenvalue weighted by molar-refractivity contribution is -0.142. The van der Waals surface area contributed by atoms with Crippen LogP contribution in [0.2, 0.25) is 0 Å². The third kappa shape index (κ3) is 16.3. The predicted octanol–water partition coefficient (Wildman–Crippen LogP) is 6.12. The Kier molecular flexibility index (Phi) is 16.8. The van der Waals surface area contributed by atoms with Gasteiger partial charge in [0.2, 0.25) is 0 Å². The molecule has 0 aliphatic carbocycles. The largest absolute Gasteiger partial charge is 0.481 e. The summed E-state index contributed by atoms with van der Waals surface area (Å²) >= 11 is 0. The highest BCUT2D eigenvalue weighted by atomic mass is 16.4. The van der Waals surface area contributed by atoms with Gasteiger partial charge in [-0.15, -0.1) is 0 Å². The maximum atomic E-state index is 11.2. The maximum absolute atomic E-state index is 11.2. The molecular formula is C21H43NO2. The molecule has 0 radical (unpaired) electrons. The van der Waals surface area contributed by atoms with Crippen molar-refractivity contribution in [1.29, 1.82) is 0 Å². The van der Waals surface area contributed by atoms with E-state index in [0.717, 1.165) is 12.8 Å². The normalized spacial score (nSPS) is 12.7. The molecule has 1 atom stereocenters. The Labute approximate surface area is 151 Å². The van der Waals surface area contributed by atoms with Crippen molar-refractivity contribution in [2.45, 2.75) is 103 Å². The van der Waals surface area contributed by atoms with Crippen molar-refractivity contribution in [2.24, 2.45) is 5.92 Å². The Balaban J connectivity index is 3.28. The highest BCUT2D eigenvalue weighted by molar-refractivity contribution is 5.70. The summed E-state index contributed by atoms with van der Waals surface area (Å²) in [5.41, 5.74) is 0. The molecule has 1 unspecified atom stereocenters. The van der Waals surface area contributed by atoms with Gasteiger partial charge in [-0.25, -0.2) is 0 Å². The van der Waals surface area contributed by atoms with E-state index in [1.165, 1.54) is 83.5 Å². The van der Waals surface area contributed by atoms with Gasteiger partial charge in [0, 0.05) is 6.54 Å². The second kappa shape index (κ2) is 17.3. The topological polar surface area (TPSA) is 40.5 Å². The van der Waals surface area contributed by atoms with Gasteiger partial charge >= 0.3 is 5.97 Å². The zero-order valence-corrected chi connectivity index (χ0v) is 16.7. The number of carboxylic acid groups (broad SMARTS) is 1. The average Bonchev–Trinajstić information content (AvgIpc) is 2.53. The van der Waals surface area contributed by atoms with E-state index in [9.17, 15) is 9.90 Å². The summed E-state index contributed by atoms with van der Waals surface area (Å²) in [6.45, 7) is 2.93. The van der Waals surface area contributed by atoms with E-state index in [2.05, 4.69) is 6.92 Å². The minimum absolute atomic E-state index is 0.197. The molecule has 0 bridgehead atoms. The van der Waals surface area contributed by atoms with Crippen LogP contribution in [0, 0.1) is 5.92 Å². The van der Waals surface area contributed by atoms with Crippen molar-refractivity contribution >= 4 is 5.97 Å². The van der Waals surface area contributed by atoms with Crippen LogP contribution in [0.15, 0.2) is 0 Å². The van der Waals surface area contributed by atoms with Crippen molar-refractivity contribution in [3.8, 4) is 0 Å². The number of nitrogens with zero attached hydrogens (tertiary/aromatic N) is 1. The van der Waals surface area contributed by atoms with E-state index in [-0.39, 0.29) is 5.92 Å². The Morgan fingerprint density at radius 1 is 0.750 bits per heavy atom. The van der Waals surface area contributed by atoms with Gasteiger partial charge in [-0.1, -0.05) is 96.8 Å². The molecule has 0 fully saturated rings. The van der Waals surface area contributed by atoms with Gasteiger partial charge in [-0.3, -0.25) is 4.79 Å². The average molecular weight is 342 g/mol. The highest BCUT2D eigenvalue weighted by Gasteiger charge is 2.17. The fourth-order valence-electron chi connectivity index (χ4n) is 3.32. The van der Waals surface area contributed by atoms with E-state index in [1.807, 2.05) is 19.0 Å². The molecule has 0 saturated heterocycles. The highest BCUT2D eigenvalue weighted by Crippen LogP contribution is 2.15. The van der Waals surface area contributed by atoms with E-state index in [4.69, 9.17) is 0 Å². The van der Waals surface area contributed by atoms with Crippen LogP contribution in [0.4, 0.5) is 0 Å². The third-order valence-corrected chi connectivity index (χ3v) is 4.84. The van der Waals surface area contributed by atoms with E-state index in [0.29, 0.717) is 6.54 Å². The number of hydrogen-bond acceptors (Lipinski definition) is 2. The summed E-state index contributed by atoms with van der Waals surface area (Å²) in [5.74, 6) is -0.837. The van der Waals surface area contributed by atoms with Crippen LogP contribution in [-0.2, 0) is 4.79 Å². The molecule has 144 valence electrons. The first kappa shape index (κ1) is 23.4. The van der Waals surface area contributed by atoms with E-state index < -0.39 is 5.97 Å². The lowest BCUT2D eigenvalue weighted by Gasteiger charge is -2.16. The van der Waals surface area contributed by atoms with Crippen LogP contribution in [0.1, 0.15) is 103 Å². The first-order valence-corrected chi connectivity index (χ1v) is 10.5. The van der Waals surface area contributed by atoms with Gasteiger partial charge < -0.3 is 10.0 Å². The van der Waals surface area contributed by atoms with Gasteiger partial charge in [0.05, 0.1) is 5.92 Å².